The van der Waals surface area contributed by atoms with E-state index in [-0.39, 0.29) is 18.1 Å². The molecular weight excluding hydrogens is 250 g/mol. The Morgan fingerprint density at radius 3 is 2.60 bits per heavy atom. The van der Waals surface area contributed by atoms with Gasteiger partial charge in [0.25, 0.3) is 0 Å². The number of hydrogen-bond donors (Lipinski definition) is 2. The maximum absolute atomic E-state index is 9.72. The Morgan fingerprint density at radius 2 is 2.05 bits per heavy atom. The molecule has 0 bridgehead atoms. The van der Waals surface area contributed by atoms with Gasteiger partial charge < -0.3 is 15.2 Å². The van der Waals surface area contributed by atoms with Crippen molar-refractivity contribution in [3.05, 3.63) is 35.9 Å². The minimum absolute atomic E-state index is 0.142. The van der Waals surface area contributed by atoms with Gasteiger partial charge in [-0.25, -0.2) is 0 Å². The molecule has 3 nitrogen and oxygen atoms in total. The summed E-state index contributed by atoms with van der Waals surface area (Å²) in [5, 5.41) is 13.4. The first-order valence-corrected chi connectivity index (χ1v) is 7.55. The van der Waals surface area contributed by atoms with Crippen molar-refractivity contribution in [2.45, 2.75) is 45.3 Å². The average Bonchev–Trinajstić information content (AvgIpc) is 2.86. The first kappa shape index (κ1) is 15.5. The Bertz CT molecular complexity index is 405. The Labute approximate surface area is 122 Å². The molecule has 1 fully saturated rings. The van der Waals surface area contributed by atoms with Crippen molar-refractivity contribution in [1.82, 2.24) is 5.32 Å². The number of ether oxygens (including phenoxy) is 1. The van der Waals surface area contributed by atoms with Crippen LogP contribution in [0.2, 0.25) is 0 Å². The van der Waals surface area contributed by atoms with Gasteiger partial charge in [0, 0.05) is 31.7 Å². The minimum atomic E-state index is -0.142. The number of rotatable bonds is 6. The van der Waals surface area contributed by atoms with Gasteiger partial charge in [0.15, 0.2) is 0 Å². The summed E-state index contributed by atoms with van der Waals surface area (Å²) in [7, 11) is 0. The third-order valence-corrected chi connectivity index (χ3v) is 4.51. The van der Waals surface area contributed by atoms with Crippen LogP contribution in [-0.4, -0.2) is 37.0 Å². The number of nitrogens with one attached hydrogen (secondary N) is 1. The predicted molar refractivity (Wildman–Crippen MR) is 81.9 cm³/mol. The summed E-state index contributed by atoms with van der Waals surface area (Å²) in [4.78, 5) is 0. The van der Waals surface area contributed by atoms with E-state index in [9.17, 15) is 5.11 Å². The summed E-state index contributed by atoms with van der Waals surface area (Å²) in [6.07, 6.45) is 1.35. The van der Waals surface area contributed by atoms with Crippen molar-refractivity contribution < 1.29 is 9.84 Å². The summed E-state index contributed by atoms with van der Waals surface area (Å²) in [6.45, 7) is 8.28. The van der Waals surface area contributed by atoms with Gasteiger partial charge in [0.1, 0.15) is 0 Å². The number of benzene rings is 1. The molecule has 0 amide bonds. The van der Waals surface area contributed by atoms with Gasteiger partial charge in [-0.2, -0.15) is 0 Å². The number of aliphatic hydroxyl groups excluding tert-OH is 1. The average molecular weight is 277 g/mol. The first-order chi connectivity index (χ1) is 9.54. The molecule has 1 aromatic rings. The molecule has 1 heterocycles. The van der Waals surface area contributed by atoms with Gasteiger partial charge in [-0.1, -0.05) is 44.2 Å². The maximum Gasteiger partial charge on any atom is 0.0700 e. The predicted octanol–water partition coefficient (Wildman–Crippen LogP) is 2.56. The second-order valence-corrected chi connectivity index (χ2v) is 6.49. The Kier molecular flexibility index (Phi) is 5.19. The molecule has 0 saturated carbocycles. The Balaban J connectivity index is 2.07. The largest absolute Gasteiger partial charge is 0.396 e. The number of hydrogen-bond acceptors (Lipinski definition) is 3. The molecular formula is C17H27NO2. The summed E-state index contributed by atoms with van der Waals surface area (Å²) < 4.78 is 5.60. The Morgan fingerprint density at radius 1 is 1.35 bits per heavy atom. The SMILES string of the molecule is CC1OCCC1NCC(c1ccccc1)C(C)(C)CO. The van der Waals surface area contributed by atoms with Crippen molar-refractivity contribution in [2.24, 2.45) is 5.41 Å². The van der Waals surface area contributed by atoms with E-state index < -0.39 is 0 Å². The van der Waals surface area contributed by atoms with Gasteiger partial charge >= 0.3 is 0 Å². The molecule has 3 unspecified atom stereocenters. The summed E-state index contributed by atoms with van der Waals surface area (Å²) in [5.74, 6) is 0.293. The standard InChI is InChI=1S/C17H27NO2/c1-13-16(9-10-20-13)18-11-15(17(2,3)12-19)14-7-5-4-6-8-14/h4-8,13,15-16,18-19H,9-12H2,1-3H3. The van der Waals surface area contributed by atoms with E-state index >= 15 is 0 Å². The van der Waals surface area contributed by atoms with Crippen molar-refractivity contribution in [1.29, 1.82) is 0 Å². The topological polar surface area (TPSA) is 41.5 Å². The maximum atomic E-state index is 9.72. The van der Waals surface area contributed by atoms with Crippen LogP contribution >= 0.6 is 0 Å². The highest BCUT2D eigenvalue weighted by Crippen LogP contribution is 2.34. The zero-order chi connectivity index (χ0) is 14.6. The molecule has 1 aliphatic heterocycles. The lowest BCUT2D eigenvalue weighted by molar-refractivity contribution is 0.105. The zero-order valence-corrected chi connectivity index (χ0v) is 12.8. The molecule has 112 valence electrons. The van der Waals surface area contributed by atoms with Gasteiger partial charge in [0.05, 0.1) is 6.10 Å². The molecule has 2 rings (SSSR count). The van der Waals surface area contributed by atoms with Gasteiger partial charge in [-0.3, -0.25) is 0 Å². The lowest BCUT2D eigenvalue weighted by Gasteiger charge is -2.34. The van der Waals surface area contributed by atoms with Crippen LogP contribution in [0.1, 0.15) is 38.7 Å². The molecule has 0 spiro atoms. The highest BCUT2D eigenvalue weighted by Gasteiger charge is 2.32. The first-order valence-electron chi connectivity index (χ1n) is 7.55. The van der Waals surface area contributed by atoms with Crippen LogP contribution in [0.4, 0.5) is 0 Å². The van der Waals surface area contributed by atoms with Gasteiger partial charge in [-0.05, 0) is 24.3 Å². The summed E-state index contributed by atoms with van der Waals surface area (Å²) in [6, 6.07) is 10.9. The van der Waals surface area contributed by atoms with E-state index in [4.69, 9.17) is 4.74 Å². The van der Waals surface area contributed by atoms with Crippen LogP contribution in [-0.2, 0) is 4.74 Å². The zero-order valence-electron chi connectivity index (χ0n) is 12.8. The van der Waals surface area contributed by atoms with Crippen LogP contribution in [0.3, 0.4) is 0 Å². The fourth-order valence-electron chi connectivity index (χ4n) is 2.91. The van der Waals surface area contributed by atoms with Crippen molar-refractivity contribution in [3.8, 4) is 0 Å². The normalized spacial score (nSPS) is 24.8. The van der Waals surface area contributed by atoms with E-state index in [0.29, 0.717) is 12.0 Å². The Hall–Kier alpha value is -0.900. The third kappa shape index (κ3) is 3.60. The van der Waals surface area contributed by atoms with Crippen molar-refractivity contribution in [3.63, 3.8) is 0 Å². The van der Waals surface area contributed by atoms with E-state index in [1.54, 1.807) is 0 Å². The smallest absolute Gasteiger partial charge is 0.0700 e. The molecule has 1 aromatic carbocycles. The number of aliphatic hydroxyl groups is 1. The molecule has 0 aromatic heterocycles. The van der Waals surface area contributed by atoms with Crippen molar-refractivity contribution >= 4 is 0 Å². The monoisotopic (exact) mass is 277 g/mol. The van der Waals surface area contributed by atoms with Crippen LogP contribution in [0.25, 0.3) is 0 Å². The second-order valence-electron chi connectivity index (χ2n) is 6.49. The summed E-state index contributed by atoms with van der Waals surface area (Å²) in [5.41, 5.74) is 1.14. The summed E-state index contributed by atoms with van der Waals surface area (Å²) >= 11 is 0. The third-order valence-electron chi connectivity index (χ3n) is 4.51. The molecule has 0 aliphatic carbocycles. The highest BCUT2D eigenvalue weighted by molar-refractivity contribution is 5.22. The molecule has 2 N–H and O–H groups in total. The van der Waals surface area contributed by atoms with E-state index in [2.05, 4.69) is 50.4 Å². The van der Waals surface area contributed by atoms with Crippen LogP contribution in [0, 0.1) is 5.41 Å². The quantitative estimate of drug-likeness (QED) is 0.839. The molecule has 3 atom stereocenters. The molecule has 1 saturated heterocycles. The fourth-order valence-corrected chi connectivity index (χ4v) is 2.91. The fraction of sp³-hybridized carbons (Fsp3) is 0.647. The minimum Gasteiger partial charge on any atom is -0.396 e. The molecule has 20 heavy (non-hydrogen) atoms. The van der Waals surface area contributed by atoms with E-state index in [1.807, 2.05) is 6.07 Å². The van der Waals surface area contributed by atoms with Crippen LogP contribution in [0.15, 0.2) is 30.3 Å². The van der Waals surface area contributed by atoms with Crippen LogP contribution < -0.4 is 5.32 Å². The van der Waals surface area contributed by atoms with Crippen LogP contribution in [0.5, 0.6) is 0 Å². The molecule has 3 heteroatoms. The molecule has 0 radical (unpaired) electrons. The van der Waals surface area contributed by atoms with E-state index in [1.165, 1.54) is 5.56 Å². The van der Waals surface area contributed by atoms with E-state index in [0.717, 1.165) is 19.6 Å². The lowest BCUT2D eigenvalue weighted by atomic mass is 9.75. The van der Waals surface area contributed by atoms with Gasteiger partial charge in [-0.15, -0.1) is 0 Å². The van der Waals surface area contributed by atoms with Crippen molar-refractivity contribution in [2.75, 3.05) is 19.8 Å². The van der Waals surface area contributed by atoms with Gasteiger partial charge in [0.2, 0.25) is 0 Å². The second kappa shape index (κ2) is 6.70. The highest BCUT2D eigenvalue weighted by atomic mass is 16.5. The lowest BCUT2D eigenvalue weighted by Crippen LogP contribution is -2.41. The molecule has 1 aliphatic rings.